The van der Waals surface area contributed by atoms with Gasteiger partial charge in [0.15, 0.2) is 0 Å². The van der Waals surface area contributed by atoms with Gasteiger partial charge in [-0.2, -0.15) is 0 Å². The van der Waals surface area contributed by atoms with E-state index >= 15 is 0 Å². The van der Waals surface area contributed by atoms with Crippen LogP contribution in [-0.2, 0) is 11.3 Å². The molecule has 1 aliphatic heterocycles. The van der Waals surface area contributed by atoms with Gasteiger partial charge in [0.1, 0.15) is 0 Å². The van der Waals surface area contributed by atoms with Crippen LogP contribution in [0, 0.1) is 5.41 Å². The molecular weight excluding hydrogens is 290 g/mol. The number of aromatic nitrogens is 1. The molecule has 1 amide bonds. The van der Waals surface area contributed by atoms with Crippen LogP contribution in [0.1, 0.15) is 24.8 Å². The topological polar surface area (TPSA) is 56.7 Å². The van der Waals surface area contributed by atoms with Crippen molar-refractivity contribution in [2.45, 2.75) is 25.8 Å². The Balaban J connectivity index is 1.90. The quantitative estimate of drug-likeness (QED) is 0.778. The van der Waals surface area contributed by atoms with Gasteiger partial charge in [0.2, 0.25) is 5.91 Å². The second kappa shape index (κ2) is 8.22. The molecule has 2 rings (SSSR count). The van der Waals surface area contributed by atoms with E-state index in [4.69, 9.17) is 0 Å². The second-order valence-corrected chi connectivity index (χ2v) is 6.60. The molecule has 1 aliphatic rings. The number of hydrogen-bond donors (Lipinski definition) is 1. The summed E-state index contributed by atoms with van der Waals surface area (Å²) in [4.78, 5) is 20.6. The van der Waals surface area contributed by atoms with Gasteiger partial charge in [-0.05, 0) is 37.9 Å². The summed E-state index contributed by atoms with van der Waals surface area (Å²) in [6, 6.07) is 3.91. The minimum atomic E-state index is -0.211. The van der Waals surface area contributed by atoms with Crippen molar-refractivity contribution in [2.24, 2.45) is 5.41 Å². The van der Waals surface area contributed by atoms with Crippen LogP contribution in [-0.4, -0.2) is 59.1 Å². The normalized spacial score (nSPS) is 21.4. The van der Waals surface area contributed by atoms with Crippen molar-refractivity contribution < 1.29 is 9.90 Å². The van der Waals surface area contributed by atoms with Crippen molar-refractivity contribution in [3.63, 3.8) is 0 Å². The lowest BCUT2D eigenvalue weighted by Crippen LogP contribution is -2.50. The lowest BCUT2D eigenvalue weighted by Gasteiger charge is -2.41. The van der Waals surface area contributed by atoms with Crippen LogP contribution in [0.2, 0.25) is 0 Å². The van der Waals surface area contributed by atoms with Gasteiger partial charge in [-0.25, -0.2) is 0 Å². The summed E-state index contributed by atoms with van der Waals surface area (Å²) >= 11 is 0. The highest BCUT2D eigenvalue weighted by Crippen LogP contribution is 2.33. The van der Waals surface area contributed by atoms with Gasteiger partial charge in [0.05, 0.1) is 13.2 Å². The Morgan fingerprint density at radius 2 is 2.43 bits per heavy atom. The molecule has 0 saturated carbocycles. The molecule has 1 atom stereocenters. The molecule has 1 aromatic heterocycles. The van der Waals surface area contributed by atoms with Gasteiger partial charge >= 0.3 is 0 Å². The Morgan fingerprint density at radius 1 is 1.61 bits per heavy atom. The van der Waals surface area contributed by atoms with E-state index in [9.17, 15) is 9.90 Å². The third kappa shape index (κ3) is 4.88. The van der Waals surface area contributed by atoms with Gasteiger partial charge in [-0.15, -0.1) is 6.58 Å². The maximum absolute atomic E-state index is 12.6. The van der Waals surface area contributed by atoms with E-state index in [1.54, 1.807) is 6.20 Å². The highest BCUT2D eigenvalue weighted by atomic mass is 16.3. The average molecular weight is 317 g/mol. The molecule has 23 heavy (non-hydrogen) atoms. The van der Waals surface area contributed by atoms with E-state index < -0.39 is 0 Å². The third-order valence-electron chi connectivity index (χ3n) is 4.51. The highest BCUT2D eigenvalue weighted by Gasteiger charge is 2.35. The number of pyridine rings is 1. The number of likely N-dealkylation sites (tertiary alicyclic amines) is 1. The van der Waals surface area contributed by atoms with Crippen LogP contribution in [0.15, 0.2) is 37.2 Å². The number of allylic oxidation sites excluding steroid dienone is 1. The molecule has 126 valence electrons. The zero-order valence-corrected chi connectivity index (χ0v) is 13.9. The van der Waals surface area contributed by atoms with Crippen LogP contribution >= 0.6 is 0 Å². The lowest BCUT2D eigenvalue weighted by atomic mass is 9.78. The van der Waals surface area contributed by atoms with Gasteiger partial charge in [-0.3, -0.25) is 14.7 Å². The second-order valence-electron chi connectivity index (χ2n) is 6.60. The van der Waals surface area contributed by atoms with Gasteiger partial charge in [-0.1, -0.05) is 12.1 Å². The van der Waals surface area contributed by atoms with Crippen LogP contribution in [0.4, 0.5) is 0 Å². The van der Waals surface area contributed by atoms with Crippen LogP contribution in [0.25, 0.3) is 0 Å². The van der Waals surface area contributed by atoms with E-state index in [0.717, 1.165) is 31.4 Å². The molecule has 0 aliphatic carbocycles. The third-order valence-corrected chi connectivity index (χ3v) is 4.51. The number of aliphatic hydroxyl groups excluding tert-OH is 1. The molecule has 5 heteroatoms. The minimum absolute atomic E-state index is 0.105. The fraction of sp³-hybridized carbons (Fsp3) is 0.556. The maximum atomic E-state index is 12.6. The molecule has 0 bridgehead atoms. The SMILES string of the molecule is C=CC[C@]1(CO)CCCN(C(=O)CN(C)Cc2cccnc2)C1. The van der Waals surface area contributed by atoms with Gasteiger partial charge in [0, 0.05) is 37.4 Å². The summed E-state index contributed by atoms with van der Waals surface area (Å²) in [7, 11) is 1.94. The number of hydrogen-bond acceptors (Lipinski definition) is 4. The largest absolute Gasteiger partial charge is 0.396 e. The first kappa shape index (κ1) is 17.6. The molecule has 5 nitrogen and oxygen atoms in total. The van der Waals surface area contributed by atoms with Crippen molar-refractivity contribution in [1.29, 1.82) is 0 Å². The Morgan fingerprint density at radius 3 is 3.09 bits per heavy atom. The molecule has 1 N–H and O–H groups in total. The number of aliphatic hydroxyl groups is 1. The summed E-state index contributed by atoms with van der Waals surface area (Å²) in [5.41, 5.74) is 0.884. The maximum Gasteiger partial charge on any atom is 0.236 e. The number of amides is 1. The van der Waals surface area contributed by atoms with Crippen LogP contribution in [0.5, 0.6) is 0 Å². The number of carbonyl (C=O) groups excluding carboxylic acids is 1. The Labute approximate surface area is 138 Å². The first-order chi connectivity index (χ1) is 11.1. The monoisotopic (exact) mass is 317 g/mol. The molecule has 0 aromatic carbocycles. The summed E-state index contributed by atoms with van der Waals surface area (Å²) in [6.45, 7) is 6.37. The number of piperidine rings is 1. The molecule has 0 unspecified atom stereocenters. The number of likely N-dealkylation sites (N-methyl/N-ethyl adjacent to an activating group) is 1. The standard InChI is InChI=1S/C18H27N3O2/c1-3-7-18(15-22)8-5-10-21(14-18)17(23)13-20(2)12-16-6-4-9-19-11-16/h3-4,6,9,11,22H,1,5,7-8,10,12-15H2,2H3/t18-/m0/s1. The van der Waals surface area contributed by atoms with Crippen molar-refractivity contribution in [3.05, 3.63) is 42.7 Å². The lowest BCUT2D eigenvalue weighted by molar-refractivity contribution is -0.136. The molecular formula is C18H27N3O2. The Bertz CT molecular complexity index is 520. The Kier molecular flexibility index (Phi) is 6.30. The molecule has 2 heterocycles. The summed E-state index contributed by atoms with van der Waals surface area (Å²) < 4.78 is 0. The Hall–Kier alpha value is -1.72. The van der Waals surface area contributed by atoms with Gasteiger partial charge < -0.3 is 10.0 Å². The zero-order valence-electron chi connectivity index (χ0n) is 13.9. The molecule has 0 radical (unpaired) electrons. The minimum Gasteiger partial charge on any atom is -0.396 e. The van der Waals surface area contributed by atoms with E-state index in [1.165, 1.54) is 0 Å². The summed E-state index contributed by atoms with van der Waals surface area (Å²) in [5, 5.41) is 9.75. The molecule has 1 fully saturated rings. The first-order valence-corrected chi connectivity index (χ1v) is 8.15. The van der Waals surface area contributed by atoms with E-state index in [0.29, 0.717) is 19.6 Å². The number of rotatable bonds is 7. The van der Waals surface area contributed by atoms with Crippen molar-refractivity contribution in [1.82, 2.24) is 14.8 Å². The predicted molar refractivity (Wildman–Crippen MR) is 90.7 cm³/mol. The smallest absolute Gasteiger partial charge is 0.236 e. The number of carbonyl (C=O) groups is 1. The fourth-order valence-electron chi connectivity index (χ4n) is 3.28. The number of nitrogens with zero attached hydrogens (tertiary/aromatic N) is 3. The van der Waals surface area contributed by atoms with Crippen molar-refractivity contribution >= 4 is 5.91 Å². The molecule has 0 spiro atoms. The molecule has 1 saturated heterocycles. The average Bonchev–Trinajstić information content (AvgIpc) is 2.56. The van der Waals surface area contributed by atoms with Crippen molar-refractivity contribution in [3.8, 4) is 0 Å². The van der Waals surface area contributed by atoms with Crippen LogP contribution in [0.3, 0.4) is 0 Å². The van der Waals surface area contributed by atoms with E-state index in [2.05, 4.69) is 11.6 Å². The highest BCUT2D eigenvalue weighted by molar-refractivity contribution is 5.78. The van der Waals surface area contributed by atoms with Crippen molar-refractivity contribution in [2.75, 3.05) is 33.3 Å². The van der Waals surface area contributed by atoms with E-state index in [-0.39, 0.29) is 17.9 Å². The zero-order chi connectivity index (χ0) is 16.7. The summed E-state index contributed by atoms with van der Waals surface area (Å²) in [6.07, 6.45) is 8.05. The van der Waals surface area contributed by atoms with Crippen LogP contribution < -0.4 is 0 Å². The summed E-state index contributed by atoms with van der Waals surface area (Å²) in [5.74, 6) is 0.123. The van der Waals surface area contributed by atoms with Gasteiger partial charge in [0.25, 0.3) is 0 Å². The first-order valence-electron chi connectivity index (χ1n) is 8.15. The predicted octanol–water partition coefficient (Wildman–Crippen LogP) is 1.69. The fourth-order valence-corrected chi connectivity index (χ4v) is 3.28. The van der Waals surface area contributed by atoms with E-state index in [1.807, 2.05) is 41.3 Å². The molecule has 1 aromatic rings.